The monoisotopic (exact) mass is 397 g/mol. The van der Waals surface area contributed by atoms with Crippen LogP contribution in [-0.2, 0) is 9.53 Å². The number of fused-ring (bicyclic) bond motifs is 1. The van der Waals surface area contributed by atoms with Gasteiger partial charge in [0.05, 0.1) is 19.3 Å². The minimum atomic E-state index is -0.321. The number of morpholine rings is 1. The highest BCUT2D eigenvalue weighted by Gasteiger charge is 2.32. The summed E-state index contributed by atoms with van der Waals surface area (Å²) in [5.74, 6) is 0.457. The molecule has 2 aromatic rings. The Morgan fingerprint density at radius 1 is 1.17 bits per heavy atom. The maximum atomic E-state index is 13.2. The van der Waals surface area contributed by atoms with Crippen molar-refractivity contribution in [2.75, 3.05) is 32.8 Å². The number of rotatable bonds is 3. The number of carbonyl (C=O) groups is 2. The van der Waals surface area contributed by atoms with E-state index in [-0.39, 0.29) is 35.4 Å². The summed E-state index contributed by atoms with van der Waals surface area (Å²) in [5, 5.41) is 0.553. The maximum absolute atomic E-state index is 13.2. The first-order chi connectivity index (χ1) is 14.0. The smallest absolute Gasteiger partial charge is 0.270 e. The SMILES string of the molecule is CC1CCN(C(=O)CC2COCCN2C(=O)c2cc(=O)c3ccccc3[nH]2)CC1. The Morgan fingerprint density at radius 2 is 1.93 bits per heavy atom. The molecule has 0 saturated carbocycles. The van der Waals surface area contributed by atoms with Crippen molar-refractivity contribution in [1.29, 1.82) is 0 Å². The molecule has 0 bridgehead atoms. The number of aromatic amines is 1. The van der Waals surface area contributed by atoms with Crippen molar-refractivity contribution < 1.29 is 14.3 Å². The second-order valence-electron chi connectivity index (χ2n) is 8.09. The van der Waals surface area contributed by atoms with Gasteiger partial charge in [-0.1, -0.05) is 19.1 Å². The average Bonchev–Trinajstić information content (AvgIpc) is 2.74. The van der Waals surface area contributed by atoms with Crippen LogP contribution in [0.5, 0.6) is 0 Å². The summed E-state index contributed by atoms with van der Waals surface area (Å²) in [6.45, 7) is 4.93. The van der Waals surface area contributed by atoms with Crippen molar-refractivity contribution in [2.24, 2.45) is 5.92 Å². The standard InChI is InChI=1S/C22H27N3O4/c1-15-6-8-24(9-7-15)21(27)12-16-14-29-11-10-25(16)22(28)19-13-20(26)17-4-2-3-5-18(17)23-19/h2-5,13,15-16H,6-12,14H2,1H3,(H,23,26). The summed E-state index contributed by atoms with van der Waals surface area (Å²) in [6, 6.07) is 8.17. The van der Waals surface area contributed by atoms with Gasteiger partial charge in [-0.25, -0.2) is 0 Å². The van der Waals surface area contributed by atoms with Gasteiger partial charge in [-0.3, -0.25) is 14.4 Å². The van der Waals surface area contributed by atoms with E-state index >= 15 is 0 Å². The molecule has 2 saturated heterocycles. The van der Waals surface area contributed by atoms with Gasteiger partial charge < -0.3 is 19.5 Å². The maximum Gasteiger partial charge on any atom is 0.270 e. The first kappa shape index (κ1) is 19.6. The summed E-state index contributed by atoms with van der Waals surface area (Å²) in [6.07, 6.45) is 2.29. The molecule has 0 aliphatic carbocycles. The van der Waals surface area contributed by atoms with Crippen LogP contribution in [0, 0.1) is 5.92 Å². The number of nitrogens with one attached hydrogen (secondary N) is 1. The van der Waals surface area contributed by atoms with Crippen molar-refractivity contribution >= 4 is 22.7 Å². The number of hydrogen-bond donors (Lipinski definition) is 1. The van der Waals surface area contributed by atoms with Gasteiger partial charge in [-0.2, -0.15) is 0 Å². The molecule has 2 aliphatic heterocycles. The molecule has 0 spiro atoms. The third kappa shape index (κ3) is 4.19. The van der Waals surface area contributed by atoms with E-state index in [0.29, 0.717) is 36.6 Å². The summed E-state index contributed by atoms with van der Waals surface area (Å²) in [4.78, 5) is 45.0. The van der Waals surface area contributed by atoms with E-state index < -0.39 is 0 Å². The number of nitrogens with zero attached hydrogens (tertiary/aromatic N) is 2. The Hall–Kier alpha value is -2.67. The minimum Gasteiger partial charge on any atom is -0.377 e. The predicted octanol–water partition coefficient (Wildman–Crippen LogP) is 2.02. The first-order valence-corrected chi connectivity index (χ1v) is 10.3. The second-order valence-corrected chi connectivity index (χ2v) is 8.09. The molecule has 4 rings (SSSR count). The number of hydrogen-bond acceptors (Lipinski definition) is 4. The van der Waals surface area contributed by atoms with E-state index in [0.717, 1.165) is 25.9 Å². The Balaban J connectivity index is 1.52. The number of amides is 2. The molecular weight excluding hydrogens is 370 g/mol. The Morgan fingerprint density at radius 3 is 2.72 bits per heavy atom. The van der Waals surface area contributed by atoms with E-state index in [1.807, 2.05) is 11.0 Å². The fourth-order valence-electron chi connectivity index (χ4n) is 4.15. The lowest BCUT2D eigenvalue weighted by atomic mass is 9.98. The van der Waals surface area contributed by atoms with Crippen LogP contribution in [0.2, 0.25) is 0 Å². The van der Waals surface area contributed by atoms with E-state index in [1.165, 1.54) is 6.07 Å². The van der Waals surface area contributed by atoms with Crippen LogP contribution in [0.4, 0.5) is 0 Å². The Labute approximate surface area is 169 Å². The van der Waals surface area contributed by atoms with Gasteiger partial charge in [0.15, 0.2) is 5.43 Å². The van der Waals surface area contributed by atoms with Crippen LogP contribution in [0.1, 0.15) is 36.7 Å². The van der Waals surface area contributed by atoms with Gasteiger partial charge in [0, 0.05) is 43.0 Å². The molecule has 2 fully saturated rings. The fourth-order valence-corrected chi connectivity index (χ4v) is 4.15. The van der Waals surface area contributed by atoms with Crippen LogP contribution < -0.4 is 5.43 Å². The number of pyridine rings is 1. The molecule has 1 aromatic heterocycles. The highest BCUT2D eigenvalue weighted by Crippen LogP contribution is 2.20. The summed E-state index contributed by atoms with van der Waals surface area (Å²) in [5.41, 5.74) is 0.692. The fraction of sp³-hybridized carbons (Fsp3) is 0.500. The van der Waals surface area contributed by atoms with Gasteiger partial charge in [0.2, 0.25) is 5.91 Å². The molecule has 0 radical (unpaired) electrons. The molecular formula is C22H27N3O4. The van der Waals surface area contributed by atoms with Crippen molar-refractivity contribution in [2.45, 2.75) is 32.2 Å². The predicted molar refractivity (Wildman–Crippen MR) is 110 cm³/mol. The number of para-hydroxylation sites is 1. The largest absolute Gasteiger partial charge is 0.377 e. The highest BCUT2D eigenvalue weighted by molar-refractivity contribution is 5.95. The van der Waals surface area contributed by atoms with Crippen molar-refractivity contribution in [3.8, 4) is 0 Å². The van der Waals surface area contributed by atoms with Crippen LogP contribution in [-0.4, -0.2) is 65.5 Å². The van der Waals surface area contributed by atoms with Gasteiger partial charge in [-0.15, -0.1) is 0 Å². The summed E-state index contributed by atoms with van der Waals surface area (Å²) in [7, 11) is 0. The number of likely N-dealkylation sites (tertiary alicyclic amines) is 1. The van der Waals surface area contributed by atoms with Gasteiger partial charge >= 0.3 is 0 Å². The lowest BCUT2D eigenvalue weighted by molar-refractivity contribution is -0.135. The molecule has 1 atom stereocenters. The Kier molecular flexibility index (Phi) is 5.67. The van der Waals surface area contributed by atoms with Crippen molar-refractivity contribution in [3.05, 3.63) is 46.2 Å². The normalized spacial score (nSPS) is 20.8. The number of carbonyl (C=O) groups excluding carboxylic acids is 2. The third-order valence-corrected chi connectivity index (χ3v) is 6.00. The molecule has 154 valence electrons. The van der Waals surface area contributed by atoms with E-state index in [1.54, 1.807) is 23.1 Å². The minimum absolute atomic E-state index is 0.0669. The molecule has 7 heteroatoms. The zero-order chi connectivity index (χ0) is 20.4. The molecule has 2 aliphatic rings. The molecule has 3 heterocycles. The van der Waals surface area contributed by atoms with Crippen LogP contribution in [0.15, 0.2) is 35.1 Å². The number of ether oxygens (including phenoxy) is 1. The van der Waals surface area contributed by atoms with Gasteiger partial charge in [0.1, 0.15) is 5.69 Å². The van der Waals surface area contributed by atoms with E-state index in [4.69, 9.17) is 4.74 Å². The molecule has 7 nitrogen and oxygen atoms in total. The lowest BCUT2D eigenvalue weighted by Crippen LogP contribution is -2.51. The third-order valence-electron chi connectivity index (χ3n) is 6.00. The number of piperidine rings is 1. The molecule has 29 heavy (non-hydrogen) atoms. The zero-order valence-corrected chi connectivity index (χ0v) is 16.7. The second kappa shape index (κ2) is 8.37. The quantitative estimate of drug-likeness (QED) is 0.859. The molecule has 1 N–H and O–H groups in total. The number of aromatic nitrogens is 1. The molecule has 2 amide bonds. The first-order valence-electron chi connectivity index (χ1n) is 10.3. The molecule has 1 unspecified atom stereocenters. The number of benzene rings is 1. The average molecular weight is 397 g/mol. The zero-order valence-electron chi connectivity index (χ0n) is 16.7. The Bertz CT molecular complexity index is 962. The van der Waals surface area contributed by atoms with Crippen LogP contribution in [0.3, 0.4) is 0 Å². The van der Waals surface area contributed by atoms with E-state index in [2.05, 4.69) is 11.9 Å². The molecule has 1 aromatic carbocycles. The van der Waals surface area contributed by atoms with Crippen molar-refractivity contribution in [1.82, 2.24) is 14.8 Å². The summed E-state index contributed by atoms with van der Waals surface area (Å²) < 4.78 is 5.56. The summed E-state index contributed by atoms with van der Waals surface area (Å²) >= 11 is 0. The van der Waals surface area contributed by atoms with Gasteiger partial charge in [0.25, 0.3) is 5.91 Å². The van der Waals surface area contributed by atoms with Crippen molar-refractivity contribution in [3.63, 3.8) is 0 Å². The highest BCUT2D eigenvalue weighted by atomic mass is 16.5. The number of H-pyrrole nitrogens is 1. The van der Waals surface area contributed by atoms with Crippen LogP contribution >= 0.6 is 0 Å². The topological polar surface area (TPSA) is 82.7 Å². The van der Waals surface area contributed by atoms with Gasteiger partial charge in [-0.05, 0) is 30.9 Å². The lowest BCUT2D eigenvalue weighted by Gasteiger charge is -2.37. The van der Waals surface area contributed by atoms with Crippen LogP contribution in [0.25, 0.3) is 10.9 Å². The van der Waals surface area contributed by atoms with E-state index in [9.17, 15) is 14.4 Å².